The lowest BCUT2D eigenvalue weighted by Crippen LogP contribution is -2.46. The Kier molecular flexibility index (Phi) is 5.85. The fourth-order valence-corrected chi connectivity index (χ4v) is 3.65. The van der Waals surface area contributed by atoms with Gasteiger partial charge in [-0.25, -0.2) is 0 Å². The largest absolute Gasteiger partial charge is 0.396 e. The predicted molar refractivity (Wildman–Crippen MR) is 67.9 cm³/mol. The van der Waals surface area contributed by atoms with Crippen LogP contribution in [0.2, 0.25) is 0 Å². The molecule has 17 heavy (non-hydrogen) atoms. The van der Waals surface area contributed by atoms with Crippen LogP contribution in [0.4, 0.5) is 0 Å². The van der Waals surface area contributed by atoms with E-state index >= 15 is 0 Å². The minimum Gasteiger partial charge on any atom is -0.396 e. The Labute approximate surface area is 105 Å². The van der Waals surface area contributed by atoms with E-state index in [1.807, 2.05) is 0 Å². The van der Waals surface area contributed by atoms with Crippen LogP contribution in [-0.4, -0.2) is 55.4 Å². The summed E-state index contributed by atoms with van der Waals surface area (Å²) in [5.74, 6) is 0. The van der Waals surface area contributed by atoms with E-state index in [2.05, 4.69) is 0 Å². The van der Waals surface area contributed by atoms with Crippen LogP contribution in [0.5, 0.6) is 0 Å². The summed E-state index contributed by atoms with van der Waals surface area (Å²) in [5, 5.41) is 8.73. The van der Waals surface area contributed by atoms with Crippen LogP contribution >= 0.6 is 0 Å². The van der Waals surface area contributed by atoms with Gasteiger partial charge in [0.1, 0.15) is 0 Å². The van der Waals surface area contributed by atoms with Crippen LogP contribution in [-0.2, 0) is 10.2 Å². The topological polar surface area (TPSA) is 60.9 Å². The Morgan fingerprint density at radius 2 is 1.76 bits per heavy atom. The standard InChI is InChI=1S/C11H24N2O3S/c1-12(9-6-10-14)17(15,16)13(2)11-7-4-3-5-8-11/h11,14H,3-10H2,1-2H3. The normalized spacial score (nSPS) is 19.1. The first-order valence-electron chi connectivity index (χ1n) is 6.30. The molecule has 1 saturated carbocycles. The highest BCUT2D eigenvalue weighted by atomic mass is 32.2. The first-order valence-corrected chi connectivity index (χ1v) is 7.70. The zero-order valence-electron chi connectivity index (χ0n) is 10.8. The maximum atomic E-state index is 12.2. The molecule has 0 amide bonds. The van der Waals surface area contributed by atoms with E-state index in [4.69, 9.17) is 5.11 Å². The van der Waals surface area contributed by atoms with E-state index < -0.39 is 10.2 Å². The number of rotatable bonds is 6. The Morgan fingerprint density at radius 3 is 2.29 bits per heavy atom. The summed E-state index contributed by atoms with van der Waals surface area (Å²) in [6, 6.07) is 0.144. The molecule has 0 unspecified atom stereocenters. The maximum Gasteiger partial charge on any atom is 0.281 e. The van der Waals surface area contributed by atoms with Crippen LogP contribution in [0.1, 0.15) is 38.5 Å². The second-order valence-electron chi connectivity index (χ2n) is 4.71. The van der Waals surface area contributed by atoms with E-state index in [0.717, 1.165) is 25.7 Å². The fourth-order valence-electron chi connectivity index (χ4n) is 2.26. The SMILES string of the molecule is CN(CCCO)S(=O)(=O)N(C)C1CCCCC1. The molecule has 0 aromatic carbocycles. The van der Waals surface area contributed by atoms with E-state index in [1.54, 1.807) is 14.1 Å². The molecule has 1 aliphatic carbocycles. The Morgan fingerprint density at radius 1 is 1.18 bits per heavy atom. The van der Waals surface area contributed by atoms with Gasteiger partial charge >= 0.3 is 0 Å². The van der Waals surface area contributed by atoms with Crippen molar-refractivity contribution in [3.8, 4) is 0 Å². The summed E-state index contributed by atoms with van der Waals surface area (Å²) < 4.78 is 27.2. The Bertz CT molecular complexity index is 313. The molecular weight excluding hydrogens is 240 g/mol. The summed E-state index contributed by atoms with van der Waals surface area (Å²) in [6.45, 7) is 0.392. The van der Waals surface area contributed by atoms with Crippen molar-refractivity contribution in [1.29, 1.82) is 0 Å². The summed E-state index contributed by atoms with van der Waals surface area (Å²) in [6.07, 6.45) is 5.85. The highest BCUT2D eigenvalue weighted by molar-refractivity contribution is 7.86. The van der Waals surface area contributed by atoms with E-state index in [0.29, 0.717) is 13.0 Å². The monoisotopic (exact) mass is 264 g/mol. The molecule has 0 aromatic rings. The first-order chi connectivity index (χ1) is 8.00. The van der Waals surface area contributed by atoms with Gasteiger partial charge in [-0.3, -0.25) is 0 Å². The van der Waals surface area contributed by atoms with Gasteiger partial charge in [0, 0.05) is 33.3 Å². The third-order valence-corrected chi connectivity index (χ3v) is 5.47. The van der Waals surface area contributed by atoms with Crippen LogP contribution in [0.25, 0.3) is 0 Å². The highest BCUT2D eigenvalue weighted by Crippen LogP contribution is 2.24. The van der Waals surface area contributed by atoms with Crippen LogP contribution in [0.3, 0.4) is 0 Å². The Hall–Kier alpha value is -0.170. The molecule has 1 rings (SSSR count). The molecule has 0 heterocycles. The van der Waals surface area contributed by atoms with Crippen molar-refractivity contribution in [3.05, 3.63) is 0 Å². The van der Waals surface area contributed by atoms with Crippen molar-refractivity contribution in [2.75, 3.05) is 27.2 Å². The van der Waals surface area contributed by atoms with Gasteiger partial charge in [0.2, 0.25) is 0 Å². The molecule has 1 N–H and O–H groups in total. The predicted octanol–water partition coefficient (Wildman–Crippen LogP) is 0.810. The average Bonchev–Trinajstić information content (AvgIpc) is 2.35. The zero-order valence-corrected chi connectivity index (χ0v) is 11.6. The van der Waals surface area contributed by atoms with Crippen LogP contribution < -0.4 is 0 Å². The molecule has 0 saturated heterocycles. The third kappa shape index (κ3) is 3.91. The molecule has 5 nitrogen and oxygen atoms in total. The number of nitrogens with zero attached hydrogens (tertiary/aromatic N) is 2. The third-order valence-electron chi connectivity index (χ3n) is 3.48. The van der Waals surface area contributed by atoms with E-state index in [-0.39, 0.29) is 12.6 Å². The number of hydrogen-bond donors (Lipinski definition) is 1. The van der Waals surface area contributed by atoms with E-state index in [9.17, 15) is 8.42 Å². The second-order valence-corrected chi connectivity index (χ2v) is 6.81. The molecule has 6 heteroatoms. The minimum absolute atomic E-state index is 0.0208. The quantitative estimate of drug-likeness (QED) is 0.772. The van der Waals surface area contributed by atoms with Gasteiger partial charge in [0.05, 0.1) is 0 Å². The molecule has 0 atom stereocenters. The van der Waals surface area contributed by atoms with Crippen molar-refractivity contribution in [2.45, 2.75) is 44.6 Å². The lowest BCUT2D eigenvalue weighted by atomic mass is 9.96. The molecule has 0 bridgehead atoms. The second kappa shape index (κ2) is 6.68. The lowest BCUT2D eigenvalue weighted by Gasteiger charge is -2.33. The van der Waals surface area contributed by atoms with Gasteiger partial charge in [-0.05, 0) is 19.3 Å². The van der Waals surface area contributed by atoms with Crippen LogP contribution in [0, 0.1) is 0 Å². The molecule has 0 aliphatic heterocycles. The molecular formula is C11H24N2O3S. The summed E-state index contributed by atoms with van der Waals surface area (Å²) >= 11 is 0. The van der Waals surface area contributed by atoms with Gasteiger partial charge in [0.25, 0.3) is 10.2 Å². The summed E-state index contributed by atoms with van der Waals surface area (Å²) in [5.41, 5.74) is 0. The highest BCUT2D eigenvalue weighted by Gasteiger charge is 2.30. The number of hydrogen-bond acceptors (Lipinski definition) is 3. The zero-order chi connectivity index (χ0) is 12.9. The molecule has 1 aliphatic rings. The van der Waals surface area contributed by atoms with Crippen molar-refractivity contribution in [1.82, 2.24) is 8.61 Å². The van der Waals surface area contributed by atoms with Gasteiger partial charge in [-0.15, -0.1) is 0 Å². The van der Waals surface area contributed by atoms with E-state index in [1.165, 1.54) is 15.0 Å². The van der Waals surface area contributed by atoms with Gasteiger partial charge in [-0.2, -0.15) is 17.0 Å². The maximum absolute atomic E-state index is 12.2. The molecule has 0 aromatic heterocycles. The molecule has 102 valence electrons. The van der Waals surface area contributed by atoms with Crippen molar-refractivity contribution in [2.24, 2.45) is 0 Å². The summed E-state index contributed by atoms with van der Waals surface area (Å²) in [7, 11) is -0.114. The fraction of sp³-hybridized carbons (Fsp3) is 1.00. The molecule has 1 fully saturated rings. The molecule has 0 radical (unpaired) electrons. The lowest BCUT2D eigenvalue weighted by molar-refractivity contribution is 0.254. The first kappa shape index (κ1) is 14.9. The summed E-state index contributed by atoms with van der Waals surface area (Å²) in [4.78, 5) is 0. The van der Waals surface area contributed by atoms with Crippen molar-refractivity contribution in [3.63, 3.8) is 0 Å². The van der Waals surface area contributed by atoms with Gasteiger partial charge < -0.3 is 5.11 Å². The smallest absolute Gasteiger partial charge is 0.281 e. The minimum atomic E-state index is -3.36. The van der Waals surface area contributed by atoms with Crippen molar-refractivity contribution < 1.29 is 13.5 Å². The number of aliphatic hydroxyl groups excluding tert-OH is 1. The molecule has 0 spiro atoms. The van der Waals surface area contributed by atoms with Gasteiger partial charge in [-0.1, -0.05) is 19.3 Å². The van der Waals surface area contributed by atoms with Crippen molar-refractivity contribution >= 4 is 10.2 Å². The Balaban J connectivity index is 2.61. The van der Waals surface area contributed by atoms with Gasteiger partial charge in [0.15, 0.2) is 0 Å². The number of aliphatic hydroxyl groups is 1. The van der Waals surface area contributed by atoms with Crippen LogP contribution in [0.15, 0.2) is 0 Å². The average molecular weight is 264 g/mol.